The van der Waals surface area contributed by atoms with Gasteiger partial charge in [0.2, 0.25) is 5.79 Å². The highest BCUT2D eigenvalue weighted by Crippen LogP contribution is 2.50. The third-order valence-electron chi connectivity index (χ3n) is 11.9. The minimum Gasteiger partial charge on any atom is -0.452 e. The second-order valence-electron chi connectivity index (χ2n) is 19.1. The fraction of sp³-hybridized carbons (Fsp3) is 0.490. The van der Waals surface area contributed by atoms with Crippen molar-refractivity contribution in [1.29, 1.82) is 0 Å². The molecule has 1 aliphatic heterocycles. The third kappa shape index (κ3) is 9.07. The van der Waals surface area contributed by atoms with Gasteiger partial charge in [0.05, 0.1) is 0 Å². The van der Waals surface area contributed by atoms with Gasteiger partial charge >= 0.3 is 0 Å². The highest BCUT2D eigenvalue weighted by atomic mass is 32.2. The van der Waals surface area contributed by atoms with Crippen LogP contribution < -0.4 is 9.47 Å². The Hall–Kier alpha value is -3.08. The van der Waals surface area contributed by atoms with E-state index in [-0.39, 0.29) is 31.8 Å². The molecule has 1 fully saturated rings. The zero-order valence-electron chi connectivity index (χ0n) is 36.1. The Labute approximate surface area is 339 Å². The average Bonchev–Trinajstić information content (AvgIpc) is 3.05. The normalized spacial score (nSPS) is 22.2. The Morgan fingerprint density at radius 3 is 1.24 bits per heavy atom. The summed E-state index contributed by atoms with van der Waals surface area (Å²) in [6, 6.07) is 23.0. The number of hydrogen-bond acceptors (Lipinski definition) is 2. The number of benzene rings is 4. The molecule has 4 aromatic carbocycles. The first-order valence-electron chi connectivity index (χ1n) is 20.6. The third-order valence-corrected chi connectivity index (χ3v) is 16.3. The van der Waals surface area contributed by atoms with Gasteiger partial charge in [-0.2, -0.15) is 21.0 Å². The van der Waals surface area contributed by atoms with Gasteiger partial charge < -0.3 is 9.47 Å². The highest BCUT2D eigenvalue weighted by molar-refractivity contribution is 8.17. The van der Waals surface area contributed by atoms with Crippen LogP contribution in [-0.2, 0) is 22.3 Å². The maximum atomic E-state index is 7.46. The van der Waals surface area contributed by atoms with Crippen LogP contribution in [-0.4, -0.2) is 28.0 Å². The largest absolute Gasteiger partial charge is 0.452 e. The SMILES string of the molecule is C=S1Cc2cc(C(C)(C)C)cc(-c3c(C)cccc3C)c2OC(C)(C)Oc2c(cc(C(C)(C)C)cc2-c2c(C)cccc2C)CS(=C)C2CCCCCCC21. The average molecular weight is 777 g/mol. The first kappa shape index (κ1) is 41.6. The lowest BCUT2D eigenvalue weighted by Crippen LogP contribution is -2.36. The molecule has 0 amide bonds. The molecule has 4 aromatic rings. The fourth-order valence-electron chi connectivity index (χ4n) is 8.85. The topological polar surface area (TPSA) is 18.5 Å². The van der Waals surface area contributed by atoms with E-state index in [1.807, 2.05) is 0 Å². The van der Waals surface area contributed by atoms with Gasteiger partial charge in [0.1, 0.15) is 11.5 Å². The number of aryl methyl sites for hydroxylation is 4. The molecule has 4 atom stereocenters. The number of ether oxygens (including phenoxy) is 2. The quantitative estimate of drug-likeness (QED) is 0.189. The van der Waals surface area contributed by atoms with E-state index < -0.39 is 5.79 Å². The predicted octanol–water partition coefficient (Wildman–Crippen LogP) is 14.5. The second kappa shape index (κ2) is 16.0. The lowest BCUT2D eigenvalue weighted by Gasteiger charge is -2.34. The fourth-order valence-corrected chi connectivity index (χ4v) is 13.6. The molecular formula is C51H68O2S2. The van der Waals surface area contributed by atoms with Crippen LogP contribution in [0, 0.1) is 27.7 Å². The van der Waals surface area contributed by atoms with Gasteiger partial charge in [-0.3, -0.25) is 0 Å². The van der Waals surface area contributed by atoms with E-state index in [1.165, 1.54) is 94.2 Å². The molecule has 2 nitrogen and oxygen atoms in total. The molecule has 0 spiro atoms. The van der Waals surface area contributed by atoms with E-state index in [0.29, 0.717) is 10.5 Å². The van der Waals surface area contributed by atoms with Crippen molar-refractivity contribution in [1.82, 2.24) is 0 Å². The van der Waals surface area contributed by atoms with Crippen molar-refractivity contribution in [2.75, 3.05) is 0 Å². The second-order valence-corrected chi connectivity index (χ2v) is 23.0. The summed E-state index contributed by atoms with van der Waals surface area (Å²) in [5.74, 6) is 12.8. The standard InChI is InChI=1S/C51H68O2S2/c1-33-21-19-22-34(2)45(33)41-29-39(49(5,6)7)27-37-31-54(13)43-25-17-15-16-18-26-44(43)55(14)32-38-28-40(50(8,9)10)30-42(46-35(3)23-20-24-36(46)4)48(38)53-51(11,12)52-47(37)41/h19-24,27-30,43-44H,13-18,25-26,31-32H2,1-12H3. The van der Waals surface area contributed by atoms with Gasteiger partial charge in [0.15, 0.2) is 0 Å². The number of rotatable bonds is 2. The van der Waals surface area contributed by atoms with E-state index >= 15 is 0 Å². The van der Waals surface area contributed by atoms with E-state index in [4.69, 9.17) is 21.2 Å². The zero-order valence-corrected chi connectivity index (χ0v) is 37.8. The first-order valence-corrected chi connectivity index (χ1v) is 23.8. The molecule has 55 heavy (non-hydrogen) atoms. The van der Waals surface area contributed by atoms with Gasteiger partial charge in [-0.05, 0) is 108 Å². The van der Waals surface area contributed by atoms with Gasteiger partial charge in [-0.25, -0.2) is 0 Å². The Bertz CT molecular complexity index is 1920. The smallest absolute Gasteiger partial charge is 0.245 e. The van der Waals surface area contributed by atoms with Crippen LogP contribution in [0.3, 0.4) is 0 Å². The Balaban J connectivity index is 1.69. The van der Waals surface area contributed by atoms with Gasteiger partial charge in [-0.15, -0.1) is 0 Å². The molecule has 0 saturated heterocycles. The summed E-state index contributed by atoms with van der Waals surface area (Å²) >= 11 is 0. The predicted molar refractivity (Wildman–Crippen MR) is 248 cm³/mol. The van der Waals surface area contributed by atoms with Crippen LogP contribution in [0.1, 0.15) is 138 Å². The molecule has 1 heterocycles. The molecule has 0 aromatic heterocycles. The molecule has 4 heteroatoms. The van der Waals surface area contributed by atoms with E-state index in [9.17, 15) is 0 Å². The van der Waals surface area contributed by atoms with E-state index in [2.05, 4.69) is 144 Å². The van der Waals surface area contributed by atoms with Crippen molar-refractivity contribution in [3.63, 3.8) is 0 Å². The molecule has 2 aliphatic rings. The van der Waals surface area contributed by atoms with Crippen LogP contribution in [0.4, 0.5) is 0 Å². The van der Waals surface area contributed by atoms with Crippen molar-refractivity contribution >= 4 is 32.7 Å². The van der Waals surface area contributed by atoms with Crippen molar-refractivity contribution < 1.29 is 9.47 Å². The molecule has 0 bridgehead atoms. The van der Waals surface area contributed by atoms with Crippen molar-refractivity contribution in [2.45, 2.75) is 160 Å². The number of hydrogen-bond donors (Lipinski definition) is 0. The molecular weight excluding hydrogens is 709 g/mol. The van der Waals surface area contributed by atoms with Crippen LogP contribution in [0.15, 0.2) is 60.7 Å². The molecule has 296 valence electrons. The van der Waals surface area contributed by atoms with Crippen LogP contribution in [0.5, 0.6) is 11.5 Å². The van der Waals surface area contributed by atoms with Crippen molar-refractivity contribution in [2.24, 2.45) is 0 Å². The monoisotopic (exact) mass is 776 g/mol. The van der Waals surface area contributed by atoms with Gasteiger partial charge in [-0.1, -0.05) is 127 Å². The van der Waals surface area contributed by atoms with Gasteiger partial charge in [0, 0.05) is 58.1 Å². The number of fused-ring (bicyclic) bond motifs is 3. The maximum Gasteiger partial charge on any atom is 0.245 e. The Kier molecular flexibility index (Phi) is 12.1. The van der Waals surface area contributed by atoms with Gasteiger partial charge in [0.25, 0.3) is 0 Å². The van der Waals surface area contributed by atoms with Crippen LogP contribution in [0.2, 0.25) is 0 Å². The van der Waals surface area contributed by atoms with E-state index in [1.54, 1.807) is 0 Å². The van der Waals surface area contributed by atoms with Crippen molar-refractivity contribution in [3.8, 4) is 33.8 Å². The minimum absolute atomic E-state index is 0.0417. The summed E-state index contributed by atoms with van der Waals surface area (Å²) < 4.78 is 14.9. The van der Waals surface area contributed by atoms with Crippen LogP contribution >= 0.6 is 21.0 Å². The molecule has 1 aliphatic carbocycles. The maximum absolute atomic E-state index is 7.46. The van der Waals surface area contributed by atoms with Crippen LogP contribution in [0.25, 0.3) is 22.3 Å². The van der Waals surface area contributed by atoms with E-state index in [0.717, 1.165) is 34.1 Å². The summed E-state index contributed by atoms with van der Waals surface area (Å²) in [5, 5.41) is 1.02. The van der Waals surface area contributed by atoms with Crippen molar-refractivity contribution in [3.05, 3.63) is 105 Å². The summed E-state index contributed by atoms with van der Waals surface area (Å²) in [4.78, 5) is 0. The zero-order chi connectivity index (χ0) is 40.0. The lowest BCUT2D eigenvalue weighted by atomic mass is 9.82. The molecule has 6 rings (SSSR count). The Morgan fingerprint density at radius 2 is 0.909 bits per heavy atom. The highest BCUT2D eigenvalue weighted by Gasteiger charge is 2.35. The summed E-state index contributed by atoms with van der Waals surface area (Å²) in [6.45, 7) is 27.2. The Morgan fingerprint density at radius 1 is 0.564 bits per heavy atom. The molecule has 0 N–H and O–H groups in total. The molecule has 0 radical (unpaired) electrons. The lowest BCUT2D eigenvalue weighted by molar-refractivity contribution is -0.0811. The minimum atomic E-state index is -0.998. The summed E-state index contributed by atoms with van der Waals surface area (Å²) in [7, 11) is -0.259. The molecule has 1 saturated carbocycles. The molecule has 4 unspecified atom stereocenters. The first-order chi connectivity index (χ1) is 25.7. The summed E-state index contributed by atoms with van der Waals surface area (Å²) in [5.41, 5.74) is 14.9. The summed E-state index contributed by atoms with van der Waals surface area (Å²) in [6.07, 6.45) is 7.62.